The number of nitrogens with one attached hydrogen (secondary N) is 2. The molecule has 2 rings (SSSR count). The molecule has 0 radical (unpaired) electrons. The highest BCUT2D eigenvalue weighted by Gasteiger charge is 2.17. The summed E-state index contributed by atoms with van der Waals surface area (Å²) >= 11 is 0. The molecule has 17 heavy (non-hydrogen) atoms. The van der Waals surface area contributed by atoms with Crippen molar-refractivity contribution in [1.82, 2.24) is 10.3 Å². The van der Waals surface area contributed by atoms with Gasteiger partial charge in [0.25, 0.3) is 0 Å². The molecule has 3 heteroatoms. The van der Waals surface area contributed by atoms with Crippen LogP contribution in [0.1, 0.15) is 50.6 Å². The summed E-state index contributed by atoms with van der Waals surface area (Å²) in [5, 5.41) is 7.05. The minimum absolute atomic E-state index is 0.488. The number of pyridine rings is 1. The van der Waals surface area contributed by atoms with Gasteiger partial charge in [0.15, 0.2) is 0 Å². The van der Waals surface area contributed by atoms with E-state index >= 15 is 0 Å². The minimum atomic E-state index is 0.488. The summed E-state index contributed by atoms with van der Waals surface area (Å²) in [7, 11) is 0. The third kappa shape index (κ3) is 3.43. The van der Waals surface area contributed by atoms with Crippen molar-refractivity contribution in [2.75, 3.05) is 18.4 Å². The largest absolute Gasteiger partial charge is 0.370 e. The first kappa shape index (κ1) is 12.4. The highest BCUT2D eigenvalue weighted by molar-refractivity contribution is 5.45. The van der Waals surface area contributed by atoms with Gasteiger partial charge in [-0.25, -0.2) is 4.98 Å². The van der Waals surface area contributed by atoms with Crippen LogP contribution < -0.4 is 10.6 Å². The summed E-state index contributed by atoms with van der Waals surface area (Å²) in [5.74, 6) is 1.07. The highest BCUT2D eigenvalue weighted by atomic mass is 15.0. The molecular formula is C14H23N3. The zero-order valence-corrected chi connectivity index (χ0v) is 10.7. The van der Waals surface area contributed by atoms with Crippen LogP contribution in [0.5, 0.6) is 0 Å². The molecule has 0 saturated carbocycles. The second kappa shape index (κ2) is 6.60. The summed E-state index contributed by atoms with van der Waals surface area (Å²) in [5.41, 5.74) is 1.34. The van der Waals surface area contributed by atoms with E-state index in [1.54, 1.807) is 0 Å². The minimum Gasteiger partial charge on any atom is -0.370 e. The highest BCUT2D eigenvalue weighted by Crippen LogP contribution is 2.27. The van der Waals surface area contributed by atoms with Crippen LogP contribution in [-0.4, -0.2) is 18.1 Å². The molecule has 2 heterocycles. The van der Waals surface area contributed by atoms with E-state index in [0.717, 1.165) is 18.9 Å². The maximum atomic E-state index is 4.47. The Hall–Kier alpha value is -1.09. The van der Waals surface area contributed by atoms with Crippen molar-refractivity contribution in [3.8, 4) is 0 Å². The van der Waals surface area contributed by atoms with Crippen molar-refractivity contribution >= 4 is 5.82 Å². The van der Waals surface area contributed by atoms with E-state index in [0.29, 0.717) is 6.04 Å². The van der Waals surface area contributed by atoms with E-state index in [1.165, 1.54) is 37.7 Å². The standard InChI is InChI=1S/C14H23N3/c1-2-3-9-16-14-12(7-6-11-17-14)13-8-4-5-10-15-13/h6-7,11,13,15H,2-5,8-10H2,1H3,(H,16,17)/t13-/m1/s1. The average molecular weight is 233 g/mol. The number of anilines is 1. The van der Waals surface area contributed by atoms with Gasteiger partial charge in [0.2, 0.25) is 0 Å². The lowest BCUT2D eigenvalue weighted by Gasteiger charge is -2.25. The Balaban J connectivity index is 2.03. The lowest BCUT2D eigenvalue weighted by molar-refractivity contribution is 0.412. The summed E-state index contributed by atoms with van der Waals surface area (Å²) in [6.07, 6.45) is 8.15. The second-order valence-electron chi connectivity index (χ2n) is 4.72. The summed E-state index contributed by atoms with van der Waals surface area (Å²) in [6, 6.07) is 4.72. The van der Waals surface area contributed by atoms with E-state index < -0.39 is 0 Å². The van der Waals surface area contributed by atoms with E-state index in [2.05, 4.69) is 28.6 Å². The van der Waals surface area contributed by atoms with Gasteiger partial charge in [0.05, 0.1) is 0 Å². The van der Waals surface area contributed by atoms with Gasteiger partial charge in [-0.05, 0) is 31.9 Å². The molecule has 2 N–H and O–H groups in total. The summed E-state index contributed by atoms with van der Waals surface area (Å²) in [6.45, 7) is 4.37. The molecule has 3 nitrogen and oxygen atoms in total. The lowest BCUT2D eigenvalue weighted by Crippen LogP contribution is -2.27. The number of aromatic nitrogens is 1. The Kier molecular flexibility index (Phi) is 4.80. The summed E-state index contributed by atoms with van der Waals surface area (Å²) in [4.78, 5) is 4.47. The Morgan fingerprint density at radius 3 is 3.18 bits per heavy atom. The normalized spacial score (nSPS) is 20.2. The predicted molar refractivity (Wildman–Crippen MR) is 72.2 cm³/mol. The fourth-order valence-corrected chi connectivity index (χ4v) is 2.35. The van der Waals surface area contributed by atoms with Crippen LogP contribution in [0.25, 0.3) is 0 Å². The molecule has 0 bridgehead atoms. The van der Waals surface area contributed by atoms with E-state index in [-0.39, 0.29) is 0 Å². The van der Waals surface area contributed by atoms with E-state index in [9.17, 15) is 0 Å². The van der Waals surface area contributed by atoms with Crippen LogP contribution in [0.3, 0.4) is 0 Å². The van der Waals surface area contributed by atoms with Crippen molar-refractivity contribution in [3.05, 3.63) is 23.9 Å². The first-order chi connectivity index (χ1) is 8.42. The smallest absolute Gasteiger partial charge is 0.130 e. The molecule has 1 fully saturated rings. The number of unbranched alkanes of at least 4 members (excludes halogenated alkanes) is 1. The first-order valence-corrected chi connectivity index (χ1v) is 6.84. The van der Waals surface area contributed by atoms with Crippen molar-refractivity contribution in [3.63, 3.8) is 0 Å². The molecular weight excluding hydrogens is 210 g/mol. The molecule has 1 aliphatic rings. The van der Waals surface area contributed by atoms with Crippen molar-refractivity contribution < 1.29 is 0 Å². The quantitative estimate of drug-likeness (QED) is 0.767. The van der Waals surface area contributed by atoms with Crippen LogP contribution >= 0.6 is 0 Å². The van der Waals surface area contributed by atoms with Gasteiger partial charge < -0.3 is 10.6 Å². The number of piperidine rings is 1. The molecule has 0 amide bonds. The topological polar surface area (TPSA) is 37.0 Å². The fourth-order valence-electron chi connectivity index (χ4n) is 2.35. The van der Waals surface area contributed by atoms with Gasteiger partial charge in [0, 0.05) is 24.3 Å². The van der Waals surface area contributed by atoms with Crippen LogP contribution in [0.15, 0.2) is 18.3 Å². The number of hydrogen-bond acceptors (Lipinski definition) is 3. The Morgan fingerprint density at radius 2 is 2.41 bits per heavy atom. The lowest BCUT2D eigenvalue weighted by atomic mass is 9.98. The van der Waals surface area contributed by atoms with Crippen molar-refractivity contribution in [2.45, 2.75) is 45.1 Å². The van der Waals surface area contributed by atoms with Crippen LogP contribution in [0.2, 0.25) is 0 Å². The molecule has 1 aliphatic heterocycles. The Bertz CT molecular complexity index is 332. The second-order valence-corrected chi connectivity index (χ2v) is 4.72. The zero-order valence-electron chi connectivity index (χ0n) is 10.7. The molecule has 0 aliphatic carbocycles. The monoisotopic (exact) mass is 233 g/mol. The number of nitrogens with zero attached hydrogens (tertiary/aromatic N) is 1. The van der Waals surface area contributed by atoms with Gasteiger partial charge in [-0.15, -0.1) is 0 Å². The zero-order chi connectivity index (χ0) is 11.9. The third-order valence-corrected chi connectivity index (χ3v) is 3.35. The van der Waals surface area contributed by atoms with Crippen LogP contribution in [0, 0.1) is 0 Å². The molecule has 1 aromatic rings. The van der Waals surface area contributed by atoms with Gasteiger partial charge in [0.1, 0.15) is 5.82 Å². The van der Waals surface area contributed by atoms with Gasteiger partial charge in [-0.2, -0.15) is 0 Å². The molecule has 1 saturated heterocycles. The van der Waals surface area contributed by atoms with Crippen LogP contribution in [0.4, 0.5) is 5.82 Å². The molecule has 0 aromatic carbocycles. The van der Waals surface area contributed by atoms with E-state index in [1.807, 2.05) is 12.3 Å². The first-order valence-electron chi connectivity index (χ1n) is 6.84. The third-order valence-electron chi connectivity index (χ3n) is 3.35. The molecule has 1 atom stereocenters. The number of hydrogen-bond donors (Lipinski definition) is 2. The maximum absolute atomic E-state index is 4.47. The van der Waals surface area contributed by atoms with Crippen molar-refractivity contribution in [1.29, 1.82) is 0 Å². The van der Waals surface area contributed by atoms with E-state index in [4.69, 9.17) is 0 Å². The fraction of sp³-hybridized carbons (Fsp3) is 0.643. The van der Waals surface area contributed by atoms with Gasteiger partial charge >= 0.3 is 0 Å². The Labute approximate surface area is 104 Å². The molecule has 94 valence electrons. The SMILES string of the molecule is CCCCNc1ncccc1[C@H]1CCCCN1. The average Bonchev–Trinajstić information content (AvgIpc) is 2.41. The summed E-state index contributed by atoms with van der Waals surface area (Å²) < 4.78 is 0. The van der Waals surface area contributed by atoms with Crippen molar-refractivity contribution in [2.24, 2.45) is 0 Å². The number of rotatable bonds is 5. The van der Waals surface area contributed by atoms with Gasteiger partial charge in [-0.3, -0.25) is 0 Å². The van der Waals surface area contributed by atoms with Crippen LogP contribution in [-0.2, 0) is 0 Å². The Morgan fingerprint density at radius 1 is 1.47 bits per heavy atom. The molecule has 1 aromatic heterocycles. The maximum Gasteiger partial charge on any atom is 0.130 e. The molecule has 0 unspecified atom stereocenters. The van der Waals surface area contributed by atoms with Gasteiger partial charge in [-0.1, -0.05) is 25.8 Å². The predicted octanol–water partition coefficient (Wildman–Crippen LogP) is 3.11. The molecule has 0 spiro atoms.